The molecule has 4 rings (SSSR count). The number of amides is 1. The molecule has 4 heterocycles. The van der Waals surface area contributed by atoms with Crippen LogP contribution in [-0.2, 0) is 47.5 Å². The third kappa shape index (κ3) is 10.6. The summed E-state index contributed by atoms with van der Waals surface area (Å²) in [4.78, 5) is 23.9. The smallest absolute Gasteiger partial charge is 0.217 e. The Morgan fingerprint density at radius 2 is 1.12 bits per heavy atom. The Morgan fingerprint density at radius 3 is 1.67 bits per heavy atom. The zero-order valence-electron chi connectivity index (χ0n) is 31.1. The lowest BCUT2D eigenvalue weighted by atomic mass is 9.93. The van der Waals surface area contributed by atoms with Crippen molar-refractivity contribution >= 4 is 12.2 Å². The van der Waals surface area contributed by atoms with Gasteiger partial charge in [0.15, 0.2) is 31.4 Å². The number of carbonyl (C=O) groups excluding carboxylic acids is 2. The first-order valence-corrected chi connectivity index (χ1v) is 18.2. The fraction of sp³-hybridized carbons (Fsp3) is 0.938. The van der Waals surface area contributed by atoms with E-state index in [-0.39, 0.29) is 6.29 Å². The molecule has 4 fully saturated rings. The SMILES string of the molecule is CC(=O)NC1C(OC2C(O)C(CO)OC(OC(C(O)CO)C(O)C(O)C=O)C2O)OC(CO)C(OC2OC(C)C(O)C(O)C2O)C1OC1OC(CO)C(O)C(O)C1O. The minimum absolute atomic E-state index is 0.123. The first-order valence-electron chi connectivity index (χ1n) is 18.2. The first kappa shape index (κ1) is 48.9. The van der Waals surface area contributed by atoms with Gasteiger partial charge in [-0.15, -0.1) is 0 Å². The lowest BCUT2D eigenvalue weighted by Crippen LogP contribution is -2.71. The third-order valence-corrected chi connectivity index (χ3v) is 10.2. The molecule has 58 heavy (non-hydrogen) atoms. The lowest BCUT2D eigenvalue weighted by molar-refractivity contribution is -0.388. The van der Waals surface area contributed by atoms with Gasteiger partial charge in [-0.25, -0.2) is 0 Å². The highest BCUT2D eigenvalue weighted by atomic mass is 16.8. The largest absolute Gasteiger partial charge is 0.394 e. The van der Waals surface area contributed by atoms with E-state index in [1.165, 1.54) is 6.92 Å². The van der Waals surface area contributed by atoms with E-state index in [0.717, 1.165) is 6.92 Å². The minimum Gasteiger partial charge on any atom is -0.394 e. The molecule has 0 aromatic heterocycles. The van der Waals surface area contributed by atoms with Gasteiger partial charge in [-0.2, -0.15) is 0 Å². The molecule has 0 saturated carbocycles. The molecule has 4 saturated heterocycles. The van der Waals surface area contributed by atoms with Crippen LogP contribution >= 0.6 is 0 Å². The zero-order chi connectivity index (χ0) is 43.3. The minimum atomic E-state index is -2.23. The molecule has 0 aliphatic carbocycles. The van der Waals surface area contributed by atoms with Gasteiger partial charge in [0.1, 0.15) is 116 Å². The Kier molecular flexibility index (Phi) is 18.0. The van der Waals surface area contributed by atoms with E-state index < -0.39 is 180 Å². The molecule has 4 aliphatic rings. The van der Waals surface area contributed by atoms with Gasteiger partial charge < -0.3 is 125 Å². The topological polar surface area (TPSA) is 423 Å². The van der Waals surface area contributed by atoms with Crippen LogP contribution in [0.3, 0.4) is 0 Å². The van der Waals surface area contributed by atoms with Crippen molar-refractivity contribution in [1.29, 1.82) is 0 Å². The number of rotatable bonds is 17. The average molecular weight is 854 g/mol. The van der Waals surface area contributed by atoms with E-state index in [9.17, 15) is 86.2 Å². The van der Waals surface area contributed by atoms with Crippen LogP contribution in [0.4, 0.5) is 0 Å². The van der Waals surface area contributed by atoms with Gasteiger partial charge in [0.25, 0.3) is 0 Å². The molecule has 0 radical (unpaired) electrons. The fourth-order valence-corrected chi connectivity index (χ4v) is 6.91. The predicted octanol–water partition coefficient (Wildman–Crippen LogP) is -10.9. The van der Waals surface area contributed by atoms with Crippen molar-refractivity contribution in [3.63, 3.8) is 0 Å². The number of aldehydes is 1. The monoisotopic (exact) mass is 853 g/mol. The Labute approximate surface area is 329 Å². The lowest BCUT2D eigenvalue weighted by Gasteiger charge is -2.51. The van der Waals surface area contributed by atoms with Gasteiger partial charge >= 0.3 is 0 Å². The number of ether oxygens (including phenoxy) is 8. The first-order chi connectivity index (χ1) is 27.3. The van der Waals surface area contributed by atoms with Crippen molar-refractivity contribution in [3.05, 3.63) is 0 Å². The van der Waals surface area contributed by atoms with Gasteiger partial charge in [-0.3, -0.25) is 4.79 Å². The number of aliphatic hydroxyl groups excluding tert-OH is 15. The maximum absolute atomic E-state index is 12.7. The number of hydrogen-bond donors (Lipinski definition) is 16. The number of nitrogens with one attached hydrogen (secondary N) is 1. The molecular formula is C32H55NO25. The summed E-state index contributed by atoms with van der Waals surface area (Å²) in [7, 11) is 0. The van der Waals surface area contributed by atoms with E-state index in [1.807, 2.05) is 0 Å². The highest BCUT2D eigenvalue weighted by Crippen LogP contribution is 2.36. The van der Waals surface area contributed by atoms with Crippen molar-refractivity contribution in [3.8, 4) is 0 Å². The second-order valence-electron chi connectivity index (χ2n) is 14.3. The standard InChI is InChI=1S/C32H55NO25/c1-8-16(42)20(46)22(48)30(51-8)56-26-14(7-38)54-29(15(33-9(2)39)27(26)57-31-23(49)21(47)18(44)12(5-36)52-31)58-28-19(45)13(6-37)53-32(24(28)50)55-25(11(41)4-35)17(43)10(40)3-34/h3,8,10-32,35-38,40-50H,4-7H2,1-2H3,(H,33,39). The van der Waals surface area contributed by atoms with Gasteiger partial charge in [0.05, 0.1) is 32.5 Å². The Bertz CT molecular complexity index is 1290. The van der Waals surface area contributed by atoms with Crippen LogP contribution < -0.4 is 5.32 Å². The van der Waals surface area contributed by atoms with Crippen molar-refractivity contribution in [2.24, 2.45) is 0 Å². The van der Waals surface area contributed by atoms with E-state index in [1.54, 1.807) is 0 Å². The summed E-state index contributed by atoms with van der Waals surface area (Å²) in [5, 5.41) is 159. The van der Waals surface area contributed by atoms with Crippen molar-refractivity contribution in [2.45, 2.75) is 161 Å². The van der Waals surface area contributed by atoms with Gasteiger partial charge in [0, 0.05) is 6.92 Å². The summed E-state index contributed by atoms with van der Waals surface area (Å²) in [6, 6.07) is -1.78. The molecule has 0 aromatic rings. The molecule has 24 atom stereocenters. The van der Waals surface area contributed by atoms with Crippen LogP contribution in [0.1, 0.15) is 13.8 Å². The van der Waals surface area contributed by atoms with E-state index in [0.29, 0.717) is 0 Å². The zero-order valence-corrected chi connectivity index (χ0v) is 31.1. The van der Waals surface area contributed by atoms with Crippen molar-refractivity contribution < 1.29 is 124 Å². The van der Waals surface area contributed by atoms with Gasteiger partial charge in [-0.1, -0.05) is 0 Å². The quantitative estimate of drug-likeness (QED) is 0.0604. The van der Waals surface area contributed by atoms with Crippen LogP contribution in [0.25, 0.3) is 0 Å². The predicted molar refractivity (Wildman–Crippen MR) is 178 cm³/mol. The summed E-state index contributed by atoms with van der Waals surface area (Å²) in [6.07, 6.45) is -43.9. The number of carbonyl (C=O) groups is 2. The Hall–Kier alpha value is -1.78. The molecule has 26 nitrogen and oxygen atoms in total. The molecule has 16 N–H and O–H groups in total. The molecule has 338 valence electrons. The number of aliphatic hydroxyl groups is 15. The summed E-state index contributed by atoms with van der Waals surface area (Å²) in [5.74, 6) is -0.863. The highest BCUT2D eigenvalue weighted by molar-refractivity contribution is 5.73. The normalized spacial score (nSPS) is 45.8. The van der Waals surface area contributed by atoms with E-state index in [4.69, 9.17) is 37.9 Å². The molecule has 24 unspecified atom stereocenters. The van der Waals surface area contributed by atoms with Gasteiger partial charge in [-0.05, 0) is 6.92 Å². The maximum atomic E-state index is 12.7. The molecule has 0 spiro atoms. The molecule has 1 amide bonds. The van der Waals surface area contributed by atoms with E-state index >= 15 is 0 Å². The Morgan fingerprint density at radius 1 is 0.621 bits per heavy atom. The number of hydrogen-bond acceptors (Lipinski definition) is 25. The summed E-state index contributed by atoms with van der Waals surface area (Å²) in [5.41, 5.74) is 0. The molecule has 0 bridgehead atoms. The summed E-state index contributed by atoms with van der Waals surface area (Å²) in [6.45, 7) is -1.74. The van der Waals surface area contributed by atoms with Crippen LogP contribution in [0.15, 0.2) is 0 Å². The molecule has 26 heteroatoms. The second kappa shape index (κ2) is 21.3. The summed E-state index contributed by atoms with van der Waals surface area (Å²) >= 11 is 0. The fourth-order valence-electron chi connectivity index (χ4n) is 6.91. The molecule has 4 aliphatic heterocycles. The Balaban J connectivity index is 1.75. The van der Waals surface area contributed by atoms with Crippen LogP contribution in [0, 0.1) is 0 Å². The summed E-state index contributed by atoms with van der Waals surface area (Å²) < 4.78 is 45.8. The van der Waals surface area contributed by atoms with Crippen molar-refractivity contribution in [1.82, 2.24) is 5.32 Å². The average Bonchev–Trinajstić information content (AvgIpc) is 3.20. The van der Waals surface area contributed by atoms with Crippen LogP contribution in [-0.4, -0.2) is 262 Å². The highest BCUT2D eigenvalue weighted by Gasteiger charge is 2.57. The second-order valence-corrected chi connectivity index (χ2v) is 14.3. The molecule has 0 aromatic carbocycles. The third-order valence-electron chi connectivity index (χ3n) is 10.2. The molecular weight excluding hydrogens is 798 g/mol. The van der Waals surface area contributed by atoms with Crippen molar-refractivity contribution in [2.75, 3.05) is 26.4 Å². The van der Waals surface area contributed by atoms with Crippen LogP contribution in [0.2, 0.25) is 0 Å². The van der Waals surface area contributed by atoms with E-state index in [2.05, 4.69) is 5.32 Å². The maximum Gasteiger partial charge on any atom is 0.217 e. The van der Waals surface area contributed by atoms with Gasteiger partial charge in [0.2, 0.25) is 5.91 Å². The van der Waals surface area contributed by atoms with Crippen LogP contribution in [0.5, 0.6) is 0 Å².